The minimum absolute atomic E-state index is 0.156. The summed E-state index contributed by atoms with van der Waals surface area (Å²) in [5.74, 6) is 0.987. The van der Waals surface area contributed by atoms with Gasteiger partial charge in [-0.15, -0.1) is 11.3 Å². The first-order valence-corrected chi connectivity index (χ1v) is 20.6. The summed E-state index contributed by atoms with van der Waals surface area (Å²) in [6.07, 6.45) is 15.7. The molecule has 2 aliphatic carbocycles. The van der Waals surface area contributed by atoms with Crippen LogP contribution >= 0.6 is 11.3 Å². The van der Waals surface area contributed by atoms with Crippen molar-refractivity contribution in [2.75, 3.05) is 4.90 Å². The van der Waals surface area contributed by atoms with Gasteiger partial charge in [-0.05, 0) is 89.7 Å². The van der Waals surface area contributed by atoms with Crippen LogP contribution in [0, 0.1) is 0 Å². The van der Waals surface area contributed by atoms with Crippen LogP contribution in [0.2, 0.25) is 0 Å². The zero-order valence-corrected chi connectivity index (χ0v) is 31.9. The molecule has 6 aromatic carbocycles. The summed E-state index contributed by atoms with van der Waals surface area (Å²) in [4.78, 5) is 13.1. The van der Waals surface area contributed by atoms with E-state index in [2.05, 4.69) is 192 Å². The van der Waals surface area contributed by atoms with Crippen molar-refractivity contribution in [2.45, 2.75) is 24.8 Å². The van der Waals surface area contributed by atoms with Crippen LogP contribution in [-0.2, 0) is 0 Å². The molecule has 57 heavy (non-hydrogen) atoms. The van der Waals surface area contributed by atoms with Crippen molar-refractivity contribution in [3.05, 3.63) is 199 Å². The number of anilines is 2. The predicted octanol–water partition coefficient (Wildman–Crippen LogP) is 13.6. The number of fused-ring (bicyclic) bond motifs is 9. The molecule has 0 saturated heterocycles. The minimum atomic E-state index is 0.156. The van der Waals surface area contributed by atoms with E-state index in [1.54, 1.807) is 11.3 Å². The van der Waals surface area contributed by atoms with Gasteiger partial charge in [0.15, 0.2) is 5.82 Å². The van der Waals surface area contributed by atoms with Gasteiger partial charge < -0.3 is 9.47 Å². The van der Waals surface area contributed by atoms with Crippen molar-refractivity contribution in [2.24, 2.45) is 0 Å². The fraction of sp³-hybridized carbons (Fsp3) is 0.0769. The third-order valence-electron chi connectivity index (χ3n) is 12.0. The first kappa shape index (κ1) is 32.4. The number of benzene rings is 6. The maximum absolute atomic E-state index is 5.33. The molecule has 1 aliphatic heterocycles. The lowest BCUT2D eigenvalue weighted by atomic mass is 9.85. The van der Waals surface area contributed by atoms with Crippen molar-refractivity contribution in [1.29, 1.82) is 0 Å². The molecule has 3 aromatic heterocycles. The molecule has 4 heterocycles. The van der Waals surface area contributed by atoms with E-state index in [-0.39, 0.29) is 12.0 Å². The van der Waals surface area contributed by atoms with Crippen molar-refractivity contribution in [3.63, 3.8) is 0 Å². The largest absolute Gasteiger partial charge is 0.333 e. The number of rotatable bonds is 5. The van der Waals surface area contributed by atoms with Gasteiger partial charge >= 0.3 is 0 Å². The normalized spacial score (nSPS) is 17.4. The highest BCUT2D eigenvalue weighted by Crippen LogP contribution is 2.50. The zero-order valence-electron chi connectivity index (χ0n) is 31.1. The van der Waals surface area contributed by atoms with Crippen LogP contribution in [0.25, 0.3) is 70.2 Å². The molecule has 0 fully saturated rings. The molecule has 0 saturated carbocycles. The van der Waals surface area contributed by atoms with Crippen LogP contribution in [0.5, 0.6) is 0 Å². The smallest absolute Gasteiger partial charge is 0.156 e. The molecule has 0 bridgehead atoms. The third-order valence-corrected chi connectivity index (χ3v) is 13.2. The van der Waals surface area contributed by atoms with Gasteiger partial charge in [-0.2, -0.15) is 0 Å². The molecule has 2 unspecified atom stereocenters. The number of hydrogen-bond acceptors (Lipinski definition) is 4. The summed E-state index contributed by atoms with van der Waals surface area (Å²) >= 11 is 1.79. The van der Waals surface area contributed by atoms with Gasteiger partial charge in [0.2, 0.25) is 0 Å². The molecule has 4 nitrogen and oxygen atoms in total. The van der Waals surface area contributed by atoms with Gasteiger partial charge in [0.05, 0.1) is 33.0 Å². The van der Waals surface area contributed by atoms with Gasteiger partial charge in [0, 0.05) is 49.4 Å². The van der Waals surface area contributed by atoms with Gasteiger partial charge in [-0.1, -0.05) is 127 Å². The van der Waals surface area contributed by atoms with Gasteiger partial charge in [0.25, 0.3) is 0 Å². The summed E-state index contributed by atoms with van der Waals surface area (Å²) in [6.45, 7) is 0. The zero-order chi connectivity index (χ0) is 37.5. The Bertz CT molecular complexity index is 3160. The van der Waals surface area contributed by atoms with Crippen LogP contribution in [0.1, 0.15) is 35.7 Å². The van der Waals surface area contributed by atoms with Crippen LogP contribution < -0.4 is 4.90 Å². The van der Waals surface area contributed by atoms with E-state index in [9.17, 15) is 0 Å². The molecule has 0 N–H and O–H groups in total. The second-order valence-corrected chi connectivity index (χ2v) is 16.3. The topological polar surface area (TPSA) is 34.0 Å². The number of hydrogen-bond donors (Lipinski definition) is 0. The number of thiophene rings is 1. The van der Waals surface area contributed by atoms with Crippen LogP contribution in [0.4, 0.5) is 11.4 Å². The maximum Gasteiger partial charge on any atom is 0.156 e. The second kappa shape index (κ2) is 12.9. The number of nitrogens with zero attached hydrogens (tertiary/aromatic N) is 4. The van der Waals surface area contributed by atoms with E-state index < -0.39 is 0 Å². The van der Waals surface area contributed by atoms with Crippen LogP contribution in [0.3, 0.4) is 0 Å². The Labute approximate surface area is 334 Å². The molecular weight excluding hydrogens is 713 g/mol. The highest BCUT2D eigenvalue weighted by atomic mass is 32.1. The van der Waals surface area contributed by atoms with Gasteiger partial charge in [-0.25, -0.2) is 9.97 Å². The van der Waals surface area contributed by atoms with E-state index >= 15 is 0 Å². The maximum atomic E-state index is 5.33. The second-order valence-electron chi connectivity index (χ2n) is 15.2. The van der Waals surface area contributed by atoms with Gasteiger partial charge in [-0.3, -0.25) is 0 Å². The average Bonchev–Trinajstić information content (AvgIpc) is 3.94. The Morgan fingerprint density at radius 2 is 1.40 bits per heavy atom. The summed E-state index contributed by atoms with van der Waals surface area (Å²) in [6, 6.07) is 53.2. The van der Waals surface area contributed by atoms with Crippen molar-refractivity contribution < 1.29 is 0 Å². The summed E-state index contributed by atoms with van der Waals surface area (Å²) in [5.41, 5.74) is 14.2. The summed E-state index contributed by atoms with van der Waals surface area (Å²) < 4.78 is 4.81. The van der Waals surface area contributed by atoms with Crippen molar-refractivity contribution >= 4 is 76.0 Å². The molecule has 5 heteroatoms. The highest BCUT2D eigenvalue weighted by molar-refractivity contribution is 7.26. The first-order chi connectivity index (χ1) is 28.3. The Kier molecular flexibility index (Phi) is 7.32. The van der Waals surface area contributed by atoms with E-state index in [4.69, 9.17) is 9.97 Å². The van der Waals surface area contributed by atoms with E-state index in [1.807, 2.05) is 0 Å². The Balaban J connectivity index is 1.00. The number of para-hydroxylation sites is 3. The fourth-order valence-corrected chi connectivity index (χ4v) is 10.5. The lowest BCUT2D eigenvalue weighted by molar-refractivity contribution is 0.747. The average molecular weight is 749 g/mol. The quantitative estimate of drug-likeness (QED) is 0.176. The SMILES string of the molecule is C1=CCCC(c2nc(-c3cccc(C4=CC5c6cc(-n7c8ccccc8c8ccccc87)ccc6N(c6ccccc6)C5C=C4)c3)c3sc4ccccc4c3n2)=C1. The Morgan fingerprint density at radius 3 is 2.21 bits per heavy atom. The summed E-state index contributed by atoms with van der Waals surface area (Å²) in [7, 11) is 0. The molecule has 0 amide bonds. The molecule has 0 radical (unpaired) electrons. The molecule has 9 aromatic rings. The van der Waals surface area contributed by atoms with Crippen LogP contribution in [-0.4, -0.2) is 20.6 Å². The lowest BCUT2D eigenvalue weighted by Gasteiger charge is -2.29. The molecule has 2 atom stereocenters. The fourth-order valence-electron chi connectivity index (χ4n) is 9.38. The van der Waals surface area contributed by atoms with Crippen molar-refractivity contribution in [1.82, 2.24) is 14.5 Å². The van der Waals surface area contributed by atoms with E-state index in [0.717, 1.165) is 40.1 Å². The monoisotopic (exact) mass is 748 g/mol. The summed E-state index contributed by atoms with van der Waals surface area (Å²) in [5, 5.41) is 3.74. The Hall–Kier alpha value is -6.82. The van der Waals surface area contributed by atoms with Crippen LogP contribution in [0.15, 0.2) is 182 Å². The molecule has 12 rings (SSSR count). The third kappa shape index (κ3) is 5.12. The van der Waals surface area contributed by atoms with E-state index in [0.29, 0.717) is 0 Å². The molecule has 3 aliphatic rings. The molecular formula is C52H36N4S. The number of aromatic nitrogens is 3. The highest BCUT2D eigenvalue weighted by Gasteiger charge is 2.39. The standard InChI is InChI=1S/C52H36N4S/c1-3-14-33(15-4-1)52-53-49(51-50(54-52)41-22-9-12-25-48(41)57-51)36-17-13-16-34(30-36)35-26-28-46-42(31-35)43-32-38(27-29-47(43)55(46)37-18-5-2-6-19-37)56-44-23-10-7-20-39(44)40-21-8-11-24-45(40)56/h1-3,5-14,16-32,42,46H,4,15H2. The predicted molar refractivity (Wildman–Crippen MR) is 240 cm³/mol. The first-order valence-electron chi connectivity index (χ1n) is 19.8. The minimum Gasteiger partial charge on any atom is -0.333 e. The van der Waals surface area contributed by atoms with E-state index in [1.165, 1.54) is 71.2 Å². The van der Waals surface area contributed by atoms with Crippen molar-refractivity contribution in [3.8, 4) is 16.9 Å². The van der Waals surface area contributed by atoms with Gasteiger partial charge in [0.1, 0.15) is 0 Å². The Morgan fingerprint density at radius 1 is 0.649 bits per heavy atom. The molecule has 270 valence electrons. The lowest BCUT2D eigenvalue weighted by Crippen LogP contribution is -2.28. The molecule has 0 spiro atoms. The number of allylic oxidation sites excluding steroid dienone is 6.